The van der Waals surface area contributed by atoms with Crippen LogP contribution in [0.5, 0.6) is 0 Å². The second kappa shape index (κ2) is 6.92. The quantitative estimate of drug-likeness (QED) is 0.721. The van der Waals surface area contributed by atoms with Gasteiger partial charge in [-0.1, -0.05) is 12.1 Å². The lowest BCUT2D eigenvalue weighted by molar-refractivity contribution is 0.187. The van der Waals surface area contributed by atoms with Crippen LogP contribution in [0.4, 0.5) is 21.8 Å². The van der Waals surface area contributed by atoms with Crippen LogP contribution in [-0.4, -0.2) is 33.8 Å². The molecule has 26 heavy (non-hydrogen) atoms. The standard InChI is InChI=1S/C19H22FN5O/c1-12(2)22-18-9-17-16(10-21-18)24-19(25(17)13-7-8-26-11-13)23-15-6-4-3-5-14(15)20/h3-6,9-10,12-13H,7-8,11H2,1-2H3,(H,21,22)(H,23,24)/t13-/m0/s1. The number of para-hydroxylation sites is 1. The van der Waals surface area contributed by atoms with E-state index in [1.54, 1.807) is 24.4 Å². The molecule has 3 aromatic rings. The summed E-state index contributed by atoms with van der Waals surface area (Å²) in [7, 11) is 0. The van der Waals surface area contributed by atoms with Crippen LogP contribution in [0.1, 0.15) is 26.3 Å². The van der Waals surface area contributed by atoms with E-state index in [0.29, 0.717) is 24.8 Å². The molecule has 2 aromatic heterocycles. The minimum Gasteiger partial charge on any atom is -0.379 e. The third kappa shape index (κ3) is 3.22. The summed E-state index contributed by atoms with van der Waals surface area (Å²) in [4.78, 5) is 9.09. The fourth-order valence-corrected chi connectivity index (χ4v) is 3.24. The van der Waals surface area contributed by atoms with Crippen LogP contribution < -0.4 is 10.6 Å². The molecule has 0 amide bonds. The van der Waals surface area contributed by atoms with Crippen molar-refractivity contribution in [3.05, 3.63) is 42.3 Å². The molecular weight excluding hydrogens is 333 g/mol. The van der Waals surface area contributed by atoms with Gasteiger partial charge in [-0.05, 0) is 32.4 Å². The molecule has 6 nitrogen and oxygen atoms in total. The van der Waals surface area contributed by atoms with Gasteiger partial charge in [-0.15, -0.1) is 0 Å². The molecule has 0 spiro atoms. The molecule has 7 heteroatoms. The van der Waals surface area contributed by atoms with Crippen molar-refractivity contribution in [2.45, 2.75) is 32.4 Å². The summed E-state index contributed by atoms with van der Waals surface area (Å²) in [5, 5.41) is 6.46. The van der Waals surface area contributed by atoms with Gasteiger partial charge in [-0.25, -0.2) is 14.4 Å². The lowest BCUT2D eigenvalue weighted by Gasteiger charge is -2.17. The molecule has 0 radical (unpaired) electrons. The second-order valence-electron chi connectivity index (χ2n) is 6.78. The van der Waals surface area contributed by atoms with Crippen LogP contribution in [0.3, 0.4) is 0 Å². The predicted molar refractivity (Wildman–Crippen MR) is 100 cm³/mol. The Morgan fingerprint density at radius 2 is 2.15 bits per heavy atom. The molecule has 2 N–H and O–H groups in total. The molecule has 136 valence electrons. The summed E-state index contributed by atoms with van der Waals surface area (Å²) in [5.41, 5.74) is 2.12. The summed E-state index contributed by atoms with van der Waals surface area (Å²) in [6.45, 7) is 5.47. The monoisotopic (exact) mass is 355 g/mol. The molecule has 1 aliphatic heterocycles. The molecular formula is C19H22FN5O. The van der Waals surface area contributed by atoms with Crippen molar-refractivity contribution in [2.75, 3.05) is 23.8 Å². The average molecular weight is 355 g/mol. The topological polar surface area (TPSA) is 64.0 Å². The Bertz CT molecular complexity index is 917. The van der Waals surface area contributed by atoms with Gasteiger partial charge in [0.05, 0.1) is 30.0 Å². The SMILES string of the molecule is CC(C)Nc1cc2c(cn1)nc(Nc1ccccc1F)n2[C@H]1CCOC1. The molecule has 0 saturated carbocycles. The van der Waals surface area contributed by atoms with Crippen LogP contribution in [0.25, 0.3) is 11.0 Å². The zero-order valence-corrected chi connectivity index (χ0v) is 14.9. The van der Waals surface area contributed by atoms with Crippen molar-refractivity contribution in [1.29, 1.82) is 0 Å². The summed E-state index contributed by atoms with van der Waals surface area (Å²) in [5.74, 6) is 1.09. The summed E-state index contributed by atoms with van der Waals surface area (Å²) < 4.78 is 21.8. The number of pyridine rings is 1. The van der Waals surface area contributed by atoms with E-state index in [9.17, 15) is 4.39 Å². The smallest absolute Gasteiger partial charge is 0.208 e. The third-order valence-electron chi connectivity index (χ3n) is 4.40. The summed E-state index contributed by atoms with van der Waals surface area (Å²) >= 11 is 0. The van der Waals surface area contributed by atoms with E-state index in [4.69, 9.17) is 4.74 Å². The van der Waals surface area contributed by atoms with Gasteiger partial charge in [-0.3, -0.25) is 0 Å². The van der Waals surface area contributed by atoms with Gasteiger partial charge in [0.15, 0.2) is 0 Å². The van der Waals surface area contributed by atoms with Crippen molar-refractivity contribution < 1.29 is 9.13 Å². The van der Waals surface area contributed by atoms with Gasteiger partial charge in [0.2, 0.25) is 5.95 Å². The van der Waals surface area contributed by atoms with Crippen molar-refractivity contribution in [3.8, 4) is 0 Å². The first-order valence-electron chi connectivity index (χ1n) is 8.85. The highest BCUT2D eigenvalue weighted by Crippen LogP contribution is 2.32. The van der Waals surface area contributed by atoms with Gasteiger partial charge in [-0.2, -0.15) is 0 Å². The van der Waals surface area contributed by atoms with Gasteiger partial charge in [0.1, 0.15) is 17.2 Å². The van der Waals surface area contributed by atoms with E-state index in [1.807, 2.05) is 6.07 Å². The highest BCUT2D eigenvalue weighted by Gasteiger charge is 2.24. The maximum Gasteiger partial charge on any atom is 0.208 e. The molecule has 0 unspecified atom stereocenters. The molecule has 1 aliphatic rings. The van der Waals surface area contributed by atoms with Crippen molar-refractivity contribution in [2.24, 2.45) is 0 Å². The van der Waals surface area contributed by atoms with Crippen molar-refractivity contribution in [3.63, 3.8) is 0 Å². The highest BCUT2D eigenvalue weighted by molar-refractivity contribution is 5.81. The zero-order valence-electron chi connectivity index (χ0n) is 14.9. The molecule has 1 fully saturated rings. The number of halogens is 1. The lowest BCUT2D eigenvalue weighted by atomic mass is 10.2. The third-order valence-corrected chi connectivity index (χ3v) is 4.40. The van der Waals surface area contributed by atoms with Gasteiger partial charge >= 0.3 is 0 Å². The van der Waals surface area contributed by atoms with E-state index >= 15 is 0 Å². The number of hydrogen-bond acceptors (Lipinski definition) is 5. The molecule has 1 aromatic carbocycles. The van der Waals surface area contributed by atoms with Crippen LogP contribution in [0.15, 0.2) is 36.5 Å². The fraction of sp³-hybridized carbons (Fsp3) is 0.368. The Kier molecular flexibility index (Phi) is 4.46. The first kappa shape index (κ1) is 16.8. The largest absolute Gasteiger partial charge is 0.379 e. The van der Waals surface area contributed by atoms with E-state index in [1.165, 1.54) is 6.07 Å². The summed E-state index contributed by atoms with van der Waals surface area (Å²) in [6.07, 6.45) is 2.64. The Labute approximate surface area is 151 Å². The number of nitrogens with zero attached hydrogens (tertiary/aromatic N) is 3. The van der Waals surface area contributed by atoms with Crippen LogP contribution in [0, 0.1) is 5.82 Å². The predicted octanol–water partition coefficient (Wildman–Crippen LogP) is 4.10. The number of nitrogens with one attached hydrogen (secondary N) is 2. The number of benzene rings is 1. The second-order valence-corrected chi connectivity index (χ2v) is 6.78. The lowest BCUT2D eigenvalue weighted by Crippen LogP contribution is -2.13. The van der Waals surface area contributed by atoms with E-state index in [-0.39, 0.29) is 17.9 Å². The maximum atomic E-state index is 14.1. The number of imidazole rings is 1. The van der Waals surface area contributed by atoms with Crippen LogP contribution in [0.2, 0.25) is 0 Å². The number of anilines is 3. The Balaban J connectivity index is 1.80. The summed E-state index contributed by atoms with van der Waals surface area (Å²) in [6, 6.07) is 9.03. The number of hydrogen-bond donors (Lipinski definition) is 2. The minimum atomic E-state index is -0.311. The van der Waals surface area contributed by atoms with Crippen molar-refractivity contribution in [1.82, 2.24) is 14.5 Å². The average Bonchev–Trinajstić information content (AvgIpc) is 3.23. The van der Waals surface area contributed by atoms with E-state index in [2.05, 4.69) is 39.0 Å². The molecule has 1 atom stereocenters. The maximum absolute atomic E-state index is 14.1. The van der Waals surface area contributed by atoms with Crippen molar-refractivity contribution >= 4 is 28.5 Å². The Morgan fingerprint density at radius 3 is 2.88 bits per heavy atom. The van der Waals surface area contributed by atoms with Crippen LogP contribution >= 0.6 is 0 Å². The normalized spacial score (nSPS) is 17.2. The molecule has 3 heterocycles. The highest BCUT2D eigenvalue weighted by atomic mass is 19.1. The molecule has 1 saturated heterocycles. The number of ether oxygens (including phenoxy) is 1. The zero-order chi connectivity index (χ0) is 18.1. The van der Waals surface area contributed by atoms with Crippen LogP contribution in [-0.2, 0) is 4.74 Å². The van der Waals surface area contributed by atoms with Gasteiger partial charge in [0.25, 0.3) is 0 Å². The number of aromatic nitrogens is 3. The molecule has 0 bridgehead atoms. The first-order chi connectivity index (χ1) is 12.6. The van der Waals surface area contributed by atoms with Gasteiger partial charge < -0.3 is 19.9 Å². The van der Waals surface area contributed by atoms with E-state index < -0.39 is 0 Å². The number of fused-ring (bicyclic) bond motifs is 1. The minimum absolute atomic E-state index is 0.156. The molecule has 4 rings (SSSR count). The first-order valence-corrected chi connectivity index (χ1v) is 8.85. The number of rotatable bonds is 5. The molecule has 0 aliphatic carbocycles. The van der Waals surface area contributed by atoms with Gasteiger partial charge in [0, 0.05) is 18.7 Å². The Morgan fingerprint density at radius 1 is 1.31 bits per heavy atom. The Hall–Kier alpha value is -2.67. The van der Waals surface area contributed by atoms with E-state index in [0.717, 1.165) is 23.3 Å². The fourth-order valence-electron chi connectivity index (χ4n) is 3.24.